The molecule has 6 heteroatoms. The highest BCUT2D eigenvalue weighted by Gasteiger charge is 2.56. The van der Waals surface area contributed by atoms with Crippen molar-refractivity contribution in [2.45, 2.75) is 64.1 Å². The van der Waals surface area contributed by atoms with E-state index in [2.05, 4.69) is 29.0 Å². The Labute approximate surface area is 147 Å². The first-order valence-electron chi connectivity index (χ1n) is 9.20. The van der Waals surface area contributed by atoms with E-state index in [0.717, 1.165) is 41.7 Å². The van der Waals surface area contributed by atoms with E-state index in [1.54, 1.807) is 11.3 Å². The number of thiazole rings is 1. The topological polar surface area (TPSA) is 54.5 Å². The van der Waals surface area contributed by atoms with Gasteiger partial charge in [0.15, 0.2) is 0 Å². The lowest BCUT2D eigenvalue weighted by Crippen LogP contribution is -2.70. The first-order valence-corrected chi connectivity index (χ1v) is 10.0. The van der Waals surface area contributed by atoms with Crippen LogP contribution in [0.25, 0.3) is 0 Å². The van der Waals surface area contributed by atoms with Gasteiger partial charge in [-0.3, -0.25) is 9.69 Å². The van der Waals surface area contributed by atoms with Gasteiger partial charge in [-0.2, -0.15) is 0 Å². The van der Waals surface area contributed by atoms with Gasteiger partial charge in [-0.15, -0.1) is 11.3 Å². The molecule has 132 valence electrons. The van der Waals surface area contributed by atoms with Crippen LogP contribution in [0.5, 0.6) is 0 Å². The summed E-state index contributed by atoms with van der Waals surface area (Å²) in [5.74, 6) is 0.901. The molecule has 4 rings (SSSR count). The van der Waals surface area contributed by atoms with Gasteiger partial charge in [0.2, 0.25) is 0 Å². The van der Waals surface area contributed by atoms with E-state index in [1.165, 1.54) is 12.8 Å². The summed E-state index contributed by atoms with van der Waals surface area (Å²) in [6.07, 6.45) is 3.92. The number of amides is 1. The summed E-state index contributed by atoms with van der Waals surface area (Å²) in [4.78, 5) is 20.7. The molecule has 2 aliphatic heterocycles. The number of likely N-dealkylation sites (tertiary alicyclic amines) is 1. The van der Waals surface area contributed by atoms with Gasteiger partial charge >= 0.3 is 0 Å². The maximum atomic E-state index is 12.9. The van der Waals surface area contributed by atoms with Gasteiger partial charge in [-0.05, 0) is 39.3 Å². The molecule has 1 saturated carbocycles. The molecule has 1 aliphatic carbocycles. The predicted octanol–water partition coefficient (Wildman–Crippen LogP) is 2.56. The Morgan fingerprint density at radius 1 is 1.38 bits per heavy atom. The van der Waals surface area contributed by atoms with Crippen LogP contribution >= 0.6 is 11.3 Å². The molecule has 24 heavy (non-hydrogen) atoms. The van der Waals surface area contributed by atoms with E-state index in [9.17, 15) is 4.79 Å². The van der Waals surface area contributed by atoms with Crippen molar-refractivity contribution < 1.29 is 9.53 Å². The zero-order valence-electron chi connectivity index (χ0n) is 14.7. The Kier molecular flexibility index (Phi) is 4.39. The van der Waals surface area contributed by atoms with Crippen molar-refractivity contribution in [3.05, 3.63) is 15.6 Å². The molecule has 1 amide bonds. The molecule has 3 aliphatic rings. The highest BCUT2D eigenvalue weighted by atomic mass is 32.1. The SMILES string of the molecule is Cc1nc(C(C)C)sc1C(=O)N[C@H]1[C@H]2CCO[C@H]2[C@@H]1N1CCCC1. The van der Waals surface area contributed by atoms with E-state index in [4.69, 9.17) is 4.74 Å². The lowest BCUT2D eigenvalue weighted by molar-refractivity contribution is -0.0747. The summed E-state index contributed by atoms with van der Waals surface area (Å²) in [7, 11) is 0. The van der Waals surface area contributed by atoms with Gasteiger partial charge in [-0.25, -0.2) is 4.98 Å². The number of aromatic nitrogens is 1. The number of nitrogens with zero attached hydrogens (tertiary/aromatic N) is 2. The maximum absolute atomic E-state index is 12.9. The number of carbonyl (C=O) groups excluding carboxylic acids is 1. The zero-order valence-corrected chi connectivity index (χ0v) is 15.6. The molecule has 4 atom stereocenters. The quantitative estimate of drug-likeness (QED) is 0.908. The summed E-state index contributed by atoms with van der Waals surface area (Å²) < 4.78 is 5.95. The molecule has 0 aromatic carbocycles. The van der Waals surface area contributed by atoms with Gasteiger partial charge in [0, 0.05) is 18.4 Å². The van der Waals surface area contributed by atoms with E-state index >= 15 is 0 Å². The van der Waals surface area contributed by atoms with E-state index in [-0.39, 0.29) is 11.9 Å². The lowest BCUT2D eigenvalue weighted by Gasteiger charge is -2.51. The molecular weight excluding hydrogens is 322 g/mol. The van der Waals surface area contributed by atoms with Crippen LogP contribution in [-0.4, -0.2) is 53.7 Å². The normalized spacial score (nSPS) is 32.8. The average Bonchev–Trinajstić information content (AvgIpc) is 3.25. The van der Waals surface area contributed by atoms with Crippen LogP contribution in [0, 0.1) is 12.8 Å². The van der Waals surface area contributed by atoms with Crippen LogP contribution in [0.4, 0.5) is 0 Å². The van der Waals surface area contributed by atoms with Crippen molar-refractivity contribution in [3.63, 3.8) is 0 Å². The molecule has 0 bridgehead atoms. The van der Waals surface area contributed by atoms with Crippen LogP contribution in [0.2, 0.25) is 0 Å². The fraction of sp³-hybridized carbons (Fsp3) is 0.778. The first-order chi connectivity index (χ1) is 11.6. The molecule has 2 saturated heterocycles. The Morgan fingerprint density at radius 3 is 2.79 bits per heavy atom. The Balaban J connectivity index is 1.49. The van der Waals surface area contributed by atoms with Crippen LogP contribution in [0.1, 0.15) is 59.4 Å². The number of fused-ring (bicyclic) bond motifs is 1. The van der Waals surface area contributed by atoms with Crippen molar-refractivity contribution >= 4 is 17.2 Å². The number of nitrogens with one attached hydrogen (secondary N) is 1. The van der Waals surface area contributed by atoms with Gasteiger partial charge in [0.1, 0.15) is 4.88 Å². The van der Waals surface area contributed by atoms with E-state index < -0.39 is 0 Å². The Morgan fingerprint density at radius 2 is 2.12 bits per heavy atom. The van der Waals surface area contributed by atoms with Gasteiger partial charge in [0.05, 0.1) is 28.9 Å². The third-order valence-corrected chi connectivity index (χ3v) is 7.18. The molecule has 0 spiro atoms. The maximum Gasteiger partial charge on any atom is 0.263 e. The predicted molar refractivity (Wildman–Crippen MR) is 94.6 cm³/mol. The van der Waals surface area contributed by atoms with E-state index in [0.29, 0.717) is 24.0 Å². The van der Waals surface area contributed by atoms with Crippen LogP contribution in [0.3, 0.4) is 0 Å². The molecule has 3 heterocycles. The summed E-state index contributed by atoms with van der Waals surface area (Å²) in [6.45, 7) is 9.30. The number of aryl methyl sites for hydroxylation is 1. The minimum atomic E-state index is 0.0523. The largest absolute Gasteiger partial charge is 0.376 e. The first kappa shape index (κ1) is 16.5. The van der Waals surface area contributed by atoms with Gasteiger partial charge < -0.3 is 10.1 Å². The molecule has 1 N–H and O–H groups in total. The molecular formula is C18H27N3O2S. The minimum Gasteiger partial charge on any atom is -0.376 e. The van der Waals surface area contributed by atoms with Crippen molar-refractivity contribution in [2.24, 2.45) is 5.92 Å². The Hall–Kier alpha value is -0.980. The summed E-state index contributed by atoms with van der Waals surface area (Å²) >= 11 is 1.54. The number of hydrogen-bond acceptors (Lipinski definition) is 5. The van der Waals surface area contributed by atoms with Crippen LogP contribution in [-0.2, 0) is 4.74 Å². The zero-order chi connectivity index (χ0) is 16.8. The highest BCUT2D eigenvalue weighted by Crippen LogP contribution is 2.43. The third kappa shape index (κ3) is 2.68. The fourth-order valence-corrected chi connectivity index (χ4v) is 5.41. The summed E-state index contributed by atoms with van der Waals surface area (Å²) in [6, 6.07) is 0.592. The van der Waals surface area contributed by atoms with Crippen molar-refractivity contribution in [2.75, 3.05) is 19.7 Å². The highest BCUT2D eigenvalue weighted by molar-refractivity contribution is 7.13. The second-order valence-corrected chi connectivity index (χ2v) is 8.67. The molecule has 5 nitrogen and oxygen atoms in total. The van der Waals surface area contributed by atoms with Crippen molar-refractivity contribution in [1.82, 2.24) is 15.2 Å². The van der Waals surface area contributed by atoms with Gasteiger partial charge in [-0.1, -0.05) is 13.8 Å². The second-order valence-electron chi connectivity index (χ2n) is 7.64. The smallest absolute Gasteiger partial charge is 0.263 e. The van der Waals surface area contributed by atoms with Crippen LogP contribution < -0.4 is 5.32 Å². The van der Waals surface area contributed by atoms with Gasteiger partial charge in [0.25, 0.3) is 5.91 Å². The van der Waals surface area contributed by atoms with Crippen molar-refractivity contribution in [3.8, 4) is 0 Å². The minimum absolute atomic E-state index is 0.0523. The fourth-order valence-electron chi connectivity index (χ4n) is 4.43. The molecule has 3 fully saturated rings. The number of hydrogen-bond donors (Lipinski definition) is 1. The van der Waals surface area contributed by atoms with Crippen molar-refractivity contribution in [1.29, 1.82) is 0 Å². The molecule has 1 aromatic heterocycles. The van der Waals surface area contributed by atoms with E-state index in [1.807, 2.05) is 6.92 Å². The standard InChI is InChI=1S/C18H27N3O2S/c1-10(2)18-19-11(3)16(24-18)17(22)20-13-12-6-9-23-15(12)14(13)21-7-4-5-8-21/h10,12-15H,4-9H2,1-3H3,(H,20,22)/t12-,13+,14-,15-/m1/s1. The Bertz CT molecular complexity index is 619. The monoisotopic (exact) mass is 349 g/mol. The molecule has 0 unspecified atom stereocenters. The summed E-state index contributed by atoms with van der Waals surface area (Å²) in [5, 5.41) is 4.38. The molecule has 1 aromatic rings. The number of ether oxygens (including phenoxy) is 1. The lowest BCUT2D eigenvalue weighted by atomic mass is 9.70. The number of carbonyl (C=O) groups is 1. The second kappa shape index (κ2) is 6.39. The summed E-state index contributed by atoms with van der Waals surface area (Å²) in [5.41, 5.74) is 0.859. The third-order valence-electron chi connectivity index (χ3n) is 5.72. The number of rotatable bonds is 4. The average molecular weight is 350 g/mol. The van der Waals surface area contributed by atoms with Crippen LogP contribution in [0.15, 0.2) is 0 Å². The molecule has 0 radical (unpaired) electrons.